The summed E-state index contributed by atoms with van der Waals surface area (Å²) in [4.78, 5) is 34.2. The standard InChI is InChI=1S/C25H26N6O2/c1-16(19-9-5-4-6-10-19)28-24(33)21-11-7-8-12-22(21)30-23(32)14-13-20-17(2)29-25-26-15-27-31(25)18(20)3/h4-12,15-16H,13-14H2,1-3H3,(H,28,33)(H,30,32). The van der Waals surface area contributed by atoms with Crippen LogP contribution >= 0.6 is 0 Å². The molecule has 0 bridgehead atoms. The van der Waals surface area contributed by atoms with Crippen LogP contribution in [0.4, 0.5) is 5.69 Å². The van der Waals surface area contributed by atoms with Gasteiger partial charge in [-0.1, -0.05) is 42.5 Å². The molecule has 4 aromatic rings. The van der Waals surface area contributed by atoms with Gasteiger partial charge in [0.05, 0.1) is 17.3 Å². The summed E-state index contributed by atoms with van der Waals surface area (Å²) in [5.74, 6) is 0.126. The van der Waals surface area contributed by atoms with Crippen molar-refractivity contribution in [3.63, 3.8) is 0 Å². The Morgan fingerprint density at radius 3 is 2.55 bits per heavy atom. The van der Waals surface area contributed by atoms with Crippen LogP contribution in [-0.4, -0.2) is 31.4 Å². The highest BCUT2D eigenvalue weighted by Gasteiger charge is 2.17. The Labute approximate surface area is 192 Å². The quantitative estimate of drug-likeness (QED) is 0.453. The molecule has 0 saturated carbocycles. The van der Waals surface area contributed by atoms with Crippen molar-refractivity contribution in [3.8, 4) is 0 Å². The van der Waals surface area contributed by atoms with Crippen LogP contribution in [0.3, 0.4) is 0 Å². The average molecular weight is 443 g/mol. The number of aryl methyl sites for hydroxylation is 2. The van der Waals surface area contributed by atoms with Crippen LogP contribution in [0.2, 0.25) is 0 Å². The Morgan fingerprint density at radius 2 is 1.76 bits per heavy atom. The summed E-state index contributed by atoms with van der Waals surface area (Å²) in [6.45, 7) is 5.78. The van der Waals surface area contributed by atoms with Gasteiger partial charge in [0.2, 0.25) is 5.91 Å². The summed E-state index contributed by atoms with van der Waals surface area (Å²) in [6.07, 6.45) is 2.22. The number of nitrogens with one attached hydrogen (secondary N) is 2. The molecule has 2 N–H and O–H groups in total. The van der Waals surface area contributed by atoms with Gasteiger partial charge in [-0.25, -0.2) is 9.50 Å². The number of hydrogen-bond donors (Lipinski definition) is 2. The van der Waals surface area contributed by atoms with Crippen LogP contribution in [0, 0.1) is 13.8 Å². The van der Waals surface area contributed by atoms with E-state index in [0.29, 0.717) is 23.4 Å². The van der Waals surface area contributed by atoms with E-state index in [1.807, 2.05) is 51.1 Å². The Bertz CT molecular complexity index is 1300. The number of carbonyl (C=O) groups excluding carboxylic acids is 2. The minimum atomic E-state index is -0.241. The first-order valence-corrected chi connectivity index (χ1v) is 10.8. The second-order valence-electron chi connectivity index (χ2n) is 7.93. The summed E-state index contributed by atoms with van der Waals surface area (Å²) >= 11 is 0. The fraction of sp³-hybridized carbons (Fsp3) is 0.240. The van der Waals surface area contributed by atoms with E-state index in [2.05, 4.69) is 25.7 Å². The molecule has 1 unspecified atom stereocenters. The summed E-state index contributed by atoms with van der Waals surface area (Å²) in [5, 5.41) is 10.1. The molecule has 2 heterocycles. The van der Waals surface area contributed by atoms with Crippen molar-refractivity contribution in [2.24, 2.45) is 0 Å². The first kappa shape index (κ1) is 22.1. The lowest BCUT2D eigenvalue weighted by atomic mass is 10.1. The van der Waals surface area contributed by atoms with E-state index in [-0.39, 0.29) is 24.3 Å². The van der Waals surface area contributed by atoms with Crippen LogP contribution < -0.4 is 10.6 Å². The zero-order valence-corrected chi connectivity index (χ0v) is 18.9. The van der Waals surface area contributed by atoms with Gasteiger partial charge in [-0.05, 0) is 50.5 Å². The monoisotopic (exact) mass is 442 g/mol. The number of benzene rings is 2. The predicted molar refractivity (Wildman–Crippen MR) is 126 cm³/mol. The van der Waals surface area contributed by atoms with E-state index in [1.165, 1.54) is 6.33 Å². The lowest BCUT2D eigenvalue weighted by Gasteiger charge is -2.16. The third-order valence-corrected chi connectivity index (χ3v) is 5.68. The molecule has 0 saturated heterocycles. The maximum atomic E-state index is 12.9. The smallest absolute Gasteiger partial charge is 0.253 e. The number of anilines is 1. The normalized spacial score (nSPS) is 11.8. The van der Waals surface area contributed by atoms with Crippen molar-refractivity contribution < 1.29 is 9.59 Å². The zero-order chi connectivity index (χ0) is 23.4. The molecule has 168 valence electrons. The van der Waals surface area contributed by atoms with E-state index < -0.39 is 0 Å². The van der Waals surface area contributed by atoms with Gasteiger partial charge < -0.3 is 10.6 Å². The van der Waals surface area contributed by atoms with E-state index in [9.17, 15) is 9.59 Å². The molecule has 2 aromatic heterocycles. The largest absolute Gasteiger partial charge is 0.345 e. The van der Waals surface area contributed by atoms with Gasteiger partial charge in [-0.15, -0.1) is 0 Å². The molecule has 2 aromatic carbocycles. The molecular formula is C25H26N6O2. The van der Waals surface area contributed by atoms with Crippen molar-refractivity contribution in [2.75, 3.05) is 5.32 Å². The molecular weight excluding hydrogens is 416 g/mol. The van der Waals surface area contributed by atoms with E-state index in [4.69, 9.17) is 0 Å². The molecule has 33 heavy (non-hydrogen) atoms. The fourth-order valence-corrected chi connectivity index (χ4v) is 3.86. The molecule has 0 aliphatic carbocycles. The average Bonchev–Trinajstić information content (AvgIpc) is 3.28. The molecule has 8 nitrogen and oxygen atoms in total. The van der Waals surface area contributed by atoms with Gasteiger partial charge >= 0.3 is 0 Å². The summed E-state index contributed by atoms with van der Waals surface area (Å²) < 4.78 is 1.67. The van der Waals surface area contributed by atoms with E-state index in [1.54, 1.807) is 28.8 Å². The summed E-state index contributed by atoms with van der Waals surface area (Å²) in [6, 6.07) is 16.6. The predicted octanol–water partition coefficient (Wildman–Crippen LogP) is 3.80. The van der Waals surface area contributed by atoms with Crippen molar-refractivity contribution in [1.29, 1.82) is 0 Å². The molecule has 0 aliphatic heterocycles. The van der Waals surface area contributed by atoms with Gasteiger partial charge in [0.1, 0.15) is 6.33 Å². The van der Waals surface area contributed by atoms with Crippen molar-refractivity contribution in [3.05, 3.63) is 89.0 Å². The first-order chi connectivity index (χ1) is 15.9. The summed E-state index contributed by atoms with van der Waals surface area (Å²) in [5.41, 5.74) is 4.63. The SMILES string of the molecule is Cc1nc2ncnn2c(C)c1CCC(=O)Nc1ccccc1C(=O)NC(C)c1ccccc1. The first-order valence-electron chi connectivity index (χ1n) is 10.8. The van der Waals surface area contributed by atoms with Gasteiger partial charge in [0.15, 0.2) is 0 Å². The molecule has 0 radical (unpaired) electrons. The Morgan fingerprint density at radius 1 is 1.03 bits per heavy atom. The van der Waals surface area contributed by atoms with Gasteiger partial charge in [0, 0.05) is 17.8 Å². The zero-order valence-electron chi connectivity index (χ0n) is 18.9. The van der Waals surface area contributed by atoms with E-state index in [0.717, 1.165) is 22.5 Å². The highest BCUT2D eigenvalue weighted by atomic mass is 16.2. The van der Waals surface area contributed by atoms with Crippen LogP contribution in [0.25, 0.3) is 5.78 Å². The molecule has 2 amide bonds. The van der Waals surface area contributed by atoms with Crippen LogP contribution in [0.1, 0.15) is 52.3 Å². The van der Waals surface area contributed by atoms with Crippen LogP contribution in [-0.2, 0) is 11.2 Å². The Hall–Kier alpha value is -4.07. The van der Waals surface area contributed by atoms with Crippen molar-refractivity contribution >= 4 is 23.3 Å². The number of nitrogens with zero attached hydrogens (tertiary/aromatic N) is 4. The van der Waals surface area contributed by atoms with Gasteiger partial charge in [-0.2, -0.15) is 10.1 Å². The summed E-state index contributed by atoms with van der Waals surface area (Å²) in [7, 11) is 0. The molecule has 1 atom stereocenters. The maximum Gasteiger partial charge on any atom is 0.253 e. The number of amides is 2. The molecule has 8 heteroatoms. The van der Waals surface area contributed by atoms with Crippen LogP contribution in [0.5, 0.6) is 0 Å². The number of para-hydroxylation sites is 1. The highest BCUT2D eigenvalue weighted by Crippen LogP contribution is 2.19. The number of aromatic nitrogens is 4. The second-order valence-corrected chi connectivity index (χ2v) is 7.93. The third-order valence-electron chi connectivity index (χ3n) is 5.68. The van der Waals surface area contributed by atoms with Crippen LogP contribution in [0.15, 0.2) is 60.9 Å². The molecule has 4 rings (SSSR count). The van der Waals surface area contributed by atoms with Crippen molar-refractivity contribution in [2.45, 2.75) is 39.7 Å². The second kappa shape index (κ2) is 9.60. The minimum absolute atomic E-state index is 0.160. The Kier molecular flexibility index (Phi) is 6.44. The number of rotatable bonds is 7. The molecule has 0 aliphatic rings. The highest BCUT2D eigenvalue weighted by molar-refractivity contribution is 6.03. The van der Waals surface area contributed by atoms with E-state index >= 15 is 0 Å². The van der Waals surface area contributed by atoms with Crippen molar-refractivity contribution in [1.82, 2.24) is 24.9 Å². The third kappa shape index (κ3) is 4.90. The van der Waals surface area contributed by atoms with Gasteiger partial charge in [-0.3, -0.25) is 9.59 Å². The lowest BCUT2D eigenvalue weighted by Crippen LogP contribution is -2.28. The lowest BCUT2D eigenvalue weighted by molar-refractivity contribution is -0.116. The minimum Gasteiger partial charge on any atom is -0.345 e. The maximum absolute atomic E-state index is 12.9. The molecule has 0 spiro atoms. The molecule has 0 fully saturated rings. The number of carbonyl (C=O) groups is 2. The Balaban J connectivity index is 1.43. The van der Waals surface area contributed by atoms with Gasteiger partial charge in [0.25, 0.3) is 11.7 Å². The number of fused-ring (bicyclic) bond motifs is 1. The topological polar surface area (TPSA) is 101 Å². The fourth-order valence-electron chi connectivity index (χ4n) is 3.86. The number of hydrogen-bond acceptors (Lipinski definition) is 5.